The summed E-state index contributed by atoms with van der Waals surface area (Å²) in [6.07, 6.45) is 4.26. The number of rotatable bonds is 6. The van der Waals surface area contributed by atoms with E-state index in [1.807, 2.05) is 41.4 Å². The minimum absolute atomic E-state index is 0.271. The Bertz CT molecular complexity index is 724. The third-order valence-electron chi connectivity index (χ3n) is 4.99. The van der Waals surface area contributed by atoms with Crippen molar-refractivity contribution in [3.05, 3.63) is 64.4 Å². The Hall–Kier alpha value is -1.91. The second kappa shape index (κ2) is 9.15. The number of hydrogen-bond donors (Lipinski definition) is 0. The van der Waals surface area contributed by atoms with Crippen LogP contribution in [0.2, 0.25) is 5.02 Å². The molecule has 5 heteroatoms. The molecule has 2 heterocycles. The number of nitrogens with zero attached hydrogens (tertiary/aromatic N) is 3. The zero-order valence-corrected chi connectivity index (χ0v) is 16.1. The van der Waals surface area contributed by atoms with Crippen LogP contribution >= 0.6 is 11.6 Å². The molecule has 1 saturated heterocycles. The summed E-state index contributed by atoms with van der Waals surface area (Å²) in [7, 11) is 0. The molecule has 1 amide bonds. The van der Waals surface area contributed by atoms with Crippen molar-refractivity contribution in [1.82, 2.24) is 14.8 Å². The maximum atomic E-state index is 12.4. The van der Waals surface area contributed by atoms with Gasteiger partial charge in [-0.3, -0.25) is 14.7 Å². The predicted molar refractivity (Wildman–Crippen MR) is 105 cm³/mol. The Morgan fingerprint density at radius 1 is 1.12 bits per heavy atom. The predicted octanol–water partition coefficient (Wildman–Crippen LogP) is 3.71. The molecule has 1 fully saturated rings. The minimum Gasteiger partial charge on any atom is -0.340 e. The van der Waals surface area contributed by atoms with Crippen molar-refractivity contribution in [1.29, 1.82) is 0 Å². The zero-order valence-electron chi connectivity index (χ0n) is 15.3. The molecular formula is C21H26ClN3O. The van der Waals surface area contributed by atoms with E-state index in [0.29, 0.717) is 6.42 Å². The van der Waals surface area contributed by atoms with Gasteiger partial charge in [0.2, 0.25) is 5.91 Å². The number of halogens is 1. The van der Waals surface area contributed by atoms with Crippen LogP contribution in [0.1, 0.15) is 29.7 Å². The van der Waals surface area contributed by atoms with Gasteiger partial charge in [-0.1, -0.05) is 29.8 Å². The Morgan fingerprint density at radius 2 is 1.85 bits per heavy atom. The van der Waals surface area contributed by atoms with Crippen LogP contribution in [0.5, 0.6) is 0 Å². The summed E-state index contributed by atoms with van der Waals surface area (Å²) in [6, 6.07) is 11.9. The van der Waals surface area contributed by atoms with Crippen LogP contribution in [0.3, 0.4) is 0 Å². The van der Waals surface area contributed by atoms with Crippen LogP contribution < -0.4 is 0 Å². The lowest BCUT2D eigenvalue weighted by Crippen LogP contribution is -2.48. The monoisotopic (exact) mass is 371 g/mol. The fourth-order valence-corrected chi connectivity index (χ4v) is 3.43. The summed E-state index contributed by atoms with van der Waals surface area (Å²) in [5.74, 6) is 0.271. The van der Waals surface area contributed by atoms with Crippen LogP contribution in [0, 0.1) is 6.92 Å². The number of amides is 1. The Labute approximate surface area is 160 Å². The average molecular weight is 372 g/mol. The highest BCUT2D eigenvalue weighted by atomic mass is 35.5. The van der Waals surface area contributed by atoms with E-state index in [0.717, 1.165) is 56.3 Å². The SMILES string of the molecule is Cc1cccnc1CN1CCN(C(=O)CCCc2ccc(Cl)cc2)CC1. The number of benzene rings is 1. The van der Waals surface area contributed by atoms with Gasteiger partial charge in [0.05, 0.1) is 5.69 Å². The van der Waals surface area contributed by atoms with E-state index in [-0.39, 0.29) is 5.91 Å². The van der Waals surface area contributed by atoms with Crippen LogP contribution in [0.25, 0.3) is 0 Å². The van der Waals surface area contributed by atoms with Crippen molar-refractivity contribution < 1.29 is 4.79 Å². The first-order valence-electron chi connectivity index (χ1n) is 9.27. The first-order valence-corrected chi connectivity index (χ1v) is 9.64. The molecule has 1 aliphatic rings. The van der Waals surface area contributed by atoms with Gasteiger partial charge >= 0.3 is 0 Å². The maximum absolute atomic E-state index is 12.4. The molecule has 0 spiro atoms. The number of carbonyl (C=O) groups excluding carboxylic acids is 1. The van der Waals surface area contributed by atoms with Crippen LogP contribution in [-0.2, 0) is 17.8 Å². The highest BCUT2D eigenvalue weighted by Gasteiger charge is 2.21. The van der Waals surface area contributed by atoms with Crippen molar-refractivity contribution in [3.63, 3.8) is 0 Å². The number of aryl methyl sites for hydroxylation is 2. The molecule has 138 valence electrons. The molecule has 0 unspecified atom stereocenters. The molecule has 1 aromatic carbocycles. The lowest BCUT2D eigenvalue weighted by Gasteiger charge is -2.34. The normalized spacial score (nSPS) is 15.2. The summed E-state index contributed by atoms with van der Waals surface area (Å²) in [5.41, 5.74) is 3.60. The lowest BCUT2D eigenvalue weighted by molar-refractivity contribution is -0.133. The lowest BCUT2D eigenvalue weighted by atomic mass is 10.1. The zero-order chi connectivity index (χ0) is 18.4. The Kier molecular flexibility index (Phi) is 6.64. The molecule has 26 heavy (non-hydrogen) atoms. The van der Waals surface area contributed by atoms with E-state index < -0.39 is 0 Å². The second-order valence-electron chi connectivity index (χ2n) is 6.90. The minimum atomic E-state index is 0.271. The summed E-state index contributed by atoms with van der Waals surface area (Å²) in [6.45, 7) is 6.42. The van der Waals surface area contributed by atoms with E-state index in [1.54, 1.807) is 0 Å². The first-order chi connectivity index (χ1) is 12.6. The standard InChI is InChI=1S/C21H26ClN3O/c1-17-4-3-11-23-20(17)16-24-12-14-25(15-13-24)21(26)6-2-5-18-7-9-19(22)10-8-18/h3-4,7-11H,2,5-6,12-16H2,1H3. The van der Waals surface area contributed by atoms with Gasteiger partial charge in [-0.05, 0) is 49.1 Å². The van der Waals surface area contributed by atoms with Crippen molar-refractivity contribution in [2.75, 3.05) is 26.2 Å². The van der Waals surface area contributed by atoms with Crippen molar-refractivity contribution in [2.45, 2.75) is 32.7 Å². The number of pyridine rings is 1. The Morgan fingerprint density at radius 3 is 2.54 bits per heavy atom. The van der Waals surface area contributed by atoms with E-state index in [2.05, 4.69) is 22.9 Å². The van der Waals surface area contributed by atoms with Crippen LogP contribution in [-0.4, -0.2) is 46.9 Å². The van der Waals surface area contributed by atoms with E-state index >= 15 is 0 Å². The van der Waals surface area contributed by atoms with Crippen molar-refractivity contribution >= 4 is 17.5 Å². The van der Waals surface area contributed by atoms with Gasteiger partial charge in [0.25, 0.3) is 0 Å². The van der Waals surface area contributed by atoms with Gasteiger partial charge in [-0.25, -0.2) is 0 Å². The van der Waals surface area contributed by atoms with Gasteiger partial charge in [0.1, 0.15) is 0 Å². The third kappa shape index (κ3) is 5.29. The highest BCUT2D eigenvalue weighted by Crippen LogP contribution is 2.14. The highest BCUT2D eigenvalue weighted by molar-refractivity contribution is 6.30. The van der Waals surface area contributed by atoms with Crippen LogP contribution in [0.15, 0.2) is 42.6 Å². The topological polar surface area (TPSA) is 36.4 Å². The van der Waals surface area contributed by atoms with Gasteiger partial charge in [0, 0.05) is 50.4 Å². The maximum Gasteiger partial charge on any atom is 0.222 e. The largest absolute Gasteiger partial charge is 0.340 e. The summed E-state index contributed by atoms with van der Waals surface area (Å²) in [4.78, 5) is 21.3. The molecule has 3 rings (SSSR count). The Balaban J connectivity index is 1.39. The molecule has 0 radical (unpaired) electrons. The fraction of sp³-hybridized carbons (Fsp3) is 0.429. The van der Waals surface area contributed by atoms with Crippen molar-refractivity contribution in [2.24, 2.45) is 0 Å². The van der Waals surface area contributed by atoms with E-state index in [1.165, 1.54) is 11.1 Å². The number of aromatic nitrogens is 1. The van der Waals surface area contributed by atoms with Crippen LogP contribution in [0.4, 0.5) is 0 Å². The molecule has 4 nitrogen and oxygen atoms in total. The summed E-state index contributed by atoms with van der Waals surface area (Å²) >= 11 is 5.90. The summed E-state index contributed by atoms with van der Waals surface area (Å²) in [5, 5.41) is 0.753. The summed E-state index contributed by atoms with van der Waals surface area (Å²) < 4.78 is 0. The molecule has 0 saturated carbocycles. The van der Waals surface area contributed by atoms with Gasteiger partial charge in [-0.2, -0.15) is 0 Å². The fourth-order valence-electron chi connectivity index (χ4n) is 3.30. The molecule has 0 aliphatic carbocycles. The molecule has 2 aromatic rings. The average Bonchev–Trinajstić information content (AvgIpc) is 2.66. The quantitative estimate of drug-likeness (QED) is 0.776. The molecule has 0 N–H and O–H groups in total. The smallest absolute Gasteiger partial charge is 0.222 e. The van der Waals surface area contributed by atoms with Gasteiger partial charge in [-0.15, -0.1) is 0 Å². The van der Waals surface area contributed by atoms with Crippen molar-refractivity contribution in [3.8, 4) is 0 Å². The van der Waals surface area contributed by atoms with Gasteiger partial charge in [0.15, 0.2) is 0 Å². The number of piperazine rings is 1. The number of hydrogen-bond acceptors (Lipinski definition) is 3. The van der Waals surface area contributed by atoms with Gasteiger partial charge < -0.3 is 4.90 Å². The van der Waals surface area contributed by atoms with E-state index in [4.69, 9.17) is 11.6 Å². The second-order valence-corrected chi connectivity index (χ2v) is 7.34. The number of carbonyl (C=O) groups is 1. The molecule has 0 bridgehead atoms. The molecule has 0 atom stereocenters. The van der Waals surface area contributed by atoms with E-state index in [9.17, 15) is 4.79 Å². The third-order valence-corrected chi connectivity index (χ3v) is 5.24. The molecule has 1 aliphatic heterocycles. The first kappa shape index (κ1) is 18.9. The molecule has 1 aromatic heterocycles. The molecular weight excluding hydrogens is 346 g/mol.